The molecule has 6 aromatic rings. The van der Waals surface area contributed by atoms with Gasteiger partial charge in [-0.1, -0.05) is 76.2 Å². The quantitative estimate of drug-likeness (QED) is 0.00439. The number of allylic oxidation sites excluding steroid dienone is 2. The minimum absolute atomic E-state index is 0.00521. The Morgan fingerprint density at radius 1 is 0.503 bits per heavy atom. The van der Waals surface area contributed by atoms with E-state index in [1.165, 1.54) is 73.2 Å². The Morgan fingerprint density at radius 3 is 1.23 bits per heavy atom. The van der Waals surface area contributed by atoms with Crippen LogP contribution < -0.4 is 37.9 Å². The topological polar surface area (TPSA) is 405 Å². The second-order valence-electron chi connectivity index (χ2n) is 37.9. The molecule has 0 saturated carbocycles. The van der Waals surface area contributed by atoms with E-state index in [9.17, 15) is 128 Å². The fourth-order valence-corrected chi connectivity index (χ4v) is 16.9. The summed E-state index contributed by atoms with van der Waals surface area (Å²) >= 11 is 0. The van der Waals surface area contributed by atoms with Crippen molar-refractivity contribution in [1.82, 2.24) is 56.2 Å². The molecular weight excluding hydrogens is 2040 g/mol. The summed E-state index contributed by atoms with van der Waals surface area (Å²) in [6, 6.07) is 11.8. The van der Waals surface area contributed by atoms with E-state index in [4.69, 9.17) is 16.2 Å². The third-order valence-electron chi connectivity index (χ3n) is 26.5. The third-order valence-corrected chi connectivity index (χ3v) is 26.5. The number of esters is 2. The molecule has 2 unspecified atom stereocenters. The number of aliphatic imine (C=N–C) groups is 2. The summed E-state index contributed by atoms with van der Waals surface area (Å²) in [6.45, 7) is -3.89. The minimum atomic E-state index is -5.19. The molecule has 10 N–H and O–H groups in total. The van der Waals surface area contributed by atoms with E-state index in [0.29, 0.717) is 139 Å². The van der Waals surface area contributed by atoms with Gasteiger partial charge in [0.1, 0.15) is 41.9 Å². The number of piperazine rings is 1. The number of halogens is 22. The van der Waals surface area contributed by atoms with E-state index < -0.39 is 272 Å². The SMILES string of the molecule is COC(=O)C[C@H](C(=O)NN(Cc1c(F)cc(-c2cnc(N3CC4CCC(C3)N4C3COC3)nc2)cc1F)C[C@H](O)[C@@H](CC(=O)[C@@H](NC(=O)OC)C(C)(C)C(F)(F)F)Cc1ccc(-c2ccn(CC(F)F)n2)cc1)C(C)(C)C(F)(F)F.COC(=O)C[C@H](C(=O)NN(Cc1c(F)cc(C(C=NC(F)F)=CN)cc1F)C[C@H](O)[C@@H](CC(=O)[C@@H](NC(=O)OC)C(C)(C)C(F)(F)F)Cc1ccc(C(C=NC(F)F)=CN)cc1)C(C)(C)C(F)(F)F. The lowest BCUT2D eigenvalue weighted by atomic mass is 9.75. The normalized spacial score (nSPS) is 17.1. The number of rotatable bonds is 46. The summed E-state index contributed by atoms with van der Waals surface area (Å²) in [5, 5.41) is 33.1. The van der Waals surface area contributed by atoms with Gasteiger partial charge in [0.2, 0.25) is 17.8 Å². The van der Waals surface area contributed by atoms with Crippen LogP contribution in [0.25, 0.3) is 33.5 Å². The van der Waals surface area contributed by atoms with E-state index in [2.05, 4.69) is 54.3 Å². The highest BCUT2D eigenvalue weighted by molar-refractivity contribution is 6.10. The first-order valence-corrected chi connectivity index (χ1v) is 45.8. The highest BCUT2D eigenvalue weighted by Gasteiger charge is 2.60. The fraction of sp³-hybridized carbons (Fsp3) is 0.531. The van der Waals surface area contributed by atoms with E-state index >= 15 is 17.6 Å². The first-order valence-electron chi connectivity index (χ1n) is 45.8. The third kappa shape index (κ3) is 31.8. The highest BCUT2D eigenvalue weighted by Crippen LogP contribution is 2.49. The number of Topliss-reactive ketones (excluding diaryl/α,β-unsaturated/α-hetero) is 2. The Balaban J connectivity index is 0.000000368. The number of nitrogens with zero attached hydrogens (tertiary/aromatic N) is 10. The van der Waals surface area contributed by atoms with Crippen LogP contribution in [-0.4, -0.2) is 259 Å². The number of alkyl halides is 18. The highest BCUT2D eigenvalue weighted by atomic mass is 19.4. The molecule has 822 valence electrons. The van der Waals surface area contributed by atoms with Crippen molar-refractivity contribution < 1.29 is 169 Å². The van der Waals surface area contributed by atoms with Crippen molar-refractivity contribution in [2.75, 3.05) is 72.7 Å². The maximum absolute atomic E-state index is 16.5. The molecule has 0 aliphatic carbocycles. The van der Waals surface area contributed by atoms with Gasteiger partial charge in [0, 0.05) is 141 Å². The van der Waals surface area contributed by atoms with E-state index in [-0.39, 0.29) is 52.0 Å². The molecule has 149 heavy (non-hydrogen) atoms. The van der Waals surface area contributed by atoms with Crippen molar-refractivity contribution >= 4 is 77.0 Å². The van der Waals surface area contributed by atoms with Crippen LogP contribution in [0.5, 0.6) is 0 Å². The summed E-state index contributed by atoms with van der Waals surface area (Å²) in [6.07, 6.45) is -26.7. The number of anilines is 1. The molecule has 3 fully saturated rings. The largest absolute Gasteiger partial charge is 0.469 e. The van der Waals surface area contributed by atoms with Gasteiger partial charge < -0.3 is 60.9 Å². The monoisotopic (exact) mass is 2150 g/mol. The predicted molar refractivity (Wildman–Crippen MR) is 494 cm³/mol. The van der Waals surface area contributed by atoms with Gasteiger partial charge in [-0.05, 0) is 123 Å². The molecule has 9 rings (SSSR count). The number of alkyl carbamates (subject to hydrolysis) is 2. The van der Waals surface area contributed by atoms with Crippen molar-refractivity contribution in [3.63, 3.8) is 0 Å². The van der Waals surface area contributed by atoms with Gasteiger partial charge in [-0.25, -0.2) is 65.9 Å². The van der Waals surface area contributed by atoms with Crippen LogP contribution >= 0.6 is 0 Å². The van der Waals surface area contributed by atoms with Crippen LogP contribution in [0, 0.1) is 68.6 Å². The number of ether oxygens (including phenoxy) is 5. The molecule has 3 aliphatic rings. The second kappa shape index (κ2) is 51.3. The zero-order valence-corrected chi connectivity index (χ0v) is 82.3. The summed E-state index contributed by atoms with van der Waals surface area (Å²) in [5.41, 5.74) is 2.08. The second-order valence-corrected chi connectivity index (χ2v) is 37.9. The standard InChI is InChI=1S/C53H63F10N9O8.C43H51F12N7O7/c1-50(2,52(58,59)60)38(19-45(75)78-5)47(76)68-71(24-37-39(54)16-31(17-40(37)55)33-20-64-48(65-21-33)69-22-34-11-12-35(23-69)72(34)36-27-80-28-36)25-43(74)32(18-42(73)46(66-49(77)79-6)51(3,4)53(61,62)63)15-29-7-9-30(10-8-29)41-13-14-70(67-41)26-44(56)57;1-40(2,42(50,51)52)29(15-34(65)68-5)36(66)61-62(20-28-30(44)12-24(13-31(28)45)27(17-57)19-59-38(48)49)21-33(64)25(11-22-7-9-23(10-8-22)26(16-56)18-58-37(46)47)14-32(63)35(60-39(67)69-6)41(3,4)43(53,54)55/h7-10,13-14,16-17,20-21,32,34-36,38,43-44,46,74H,11-12,15,18-19,22-28H2,1-6H3,(H,66,77)(H,68,76);7-10,12-13,16-19,25,29,33,35,37-38,64H,11,14-15,20-21,56-57H2,1-6H3,(H,60,67)(H,61,66)/t32-,34?,35?,38-,43+,46-;25-,29-,33+,35-/m11/s1. The fourth-order valence-electron chi connectivity index (χ4n) is 16.9. The van der Waals surface area contributed by atoms with Crippen molar-refractivity contribution in [3.8, 4) is 22.4 Å². The number of hydrogen-bond acceptors (Lipinski definition) is 26. The average Bonchev–Trinajstić information content (AvgIpc) is 1.74. The molecule has 2 aromatic heterocycles. The summed E-state index contributed by atoms with van der Waals surface area (Å²) in [5.74, 6) is -21.2. The van der Waals surface area contributed by atoms with Gasteiger partial charge in [-0.3, -0.25) is 49.2 Å². The lowest BCUT2D eigenvalue weighted by molar-refractivity contribution is -0.231. The number of ketones is 2. The zero-order valence-electron chi connectivity index (χ0n) is 82.3. The molecule has 31 nitrogen and oxygen atoms in total. The number of aliphatic hydroxyl groups excluding tert-OH is 2. The Kier molecular flexibility index (Phi) is 41.8. The van der Waals surface area contributed by atoms with Crippen molar-refractivity contribution in [2.24, 2.45) is 66.8 Å². The van der Waals surface area contributed by atoms with Crippen molar-refractivity contribution in [1.29, 1.82) is 0 Å². The maximum atomic E-state index is 16.5. The van der Waals surface area contributed by atoms with E-state index in [0.717, 1.165) is 70.5 Å². The van der Waals surface area contributed by atoms with Crippen LogP contribution in [0.1, 0.15) is 127 Å². The number of nitrogens with two attached hydrogens (primary N) is 2. The molecule has 3 saturated heterocycles. The molecule has 4 aromatic carbocycles. The first-order chi connectivity index (χ1) is 69.3. The van der Waals surface area contributed by atoms with Crippen LogP contribution in [0.2, 0.25) is 0 Å². The number of methoxy groups -OCH3 is 4. The summed E-state index contributed by atoms with van der Waals surface area (Å²) < 4.78 is 341. The molecule has 10 atom stereocenters. The number of carbonyl (C=O) groups excluding carboxylic acids is 8. The molecule has 3 aliphatic heterocycles. The average molecular weight is 2150 g/mol. The maximum Gasteiger partial charge on any atom is 0.407 e. The molecule has 5 heterocycles. The number of nitrogens with one attached hydrogen (secondary N) is 4. The van der Waals surface area contributed by atoms with Crippen LogP contribution in [0.15, 0.2) is 120 Å². The summed E-state index contributed by atoms with van der Waals surface area (Å²) in [7, 11) is 3.32. The van der Waals surface area contributed by atoms with Gasteiger partial charge in [0.25, 0.3) is 6.43 Å². The first kappa shape index (κ1) is 122. The van der Waals surface area contributed by atoms with Crippen LogP contribution in [0.4, 0.5) is 112 Å². The summed E-state index contributed by atoms with van der Waals surface area (Å²) in [4.78, 5) is 125. The Bertz CT molecular complexity index is 5650. The molecule has 4 amide bonds. The number of aromatic nitrogens is 4. The van der Waals surface area contributed by atoms with Crippen LogP contribution in [0.3, 0.4) is 0 Å². The zero-order chi connectivity index (χ0) is 111. The van der Waals surface area contributed by atoms with Crippen molar-refractivity contribution in [3.05, 3.63) is 167 Å². The lowest BCUT2D eigenvalue weighted by Gasteiger charge is -2.47. The number of fused-ring (bicyclic) bond motifs is 2. The van der Waals surface area contributed by atoms with E-state index in [1.807, 2.05) is 21.0 Å². The number of hydrogen-bond donors (Lipinski definition) is 8. The number of carbonyl (C=O) groups is 8. The molecule has 53 heteroatoms. The predicted octanol–water partition coefficient (Wildman–Crippen LogP) is 14.9. The Hall–Kier alpha value is -12.6. The smallest absolute Gasteiger partial charge is 0.407 e. The molecule has 2 bridgehead atoms. The minimum Gasteiger partial charge on any atom is -0.469 e. The Morgan fingerprint density at radius 2 is 0.886 bits per heavy atom. The van der Waals surface area contributed by atoms with Gasteiger partial charge in [0.05, 0.1) is 112 Å². The van der Waals surface area contributed by atoms with Crippen molar-refractivity contribution in [2.45, 2.75) is 213 Å². The van der Waals surface area contributed by atoms with Crippen LogP contribution in [-0.2, 0) is 84.9 Å². The van der Waals surface area contributed by atoms with Gasteiger partial charge in [0.15, 0.2) is 11.6 Å². The molecular formula is C96H114F22N16O15. The number of hydrazine groups is 2. The number of amides is 4. The molecule has 0 spiro atoms. The van der Waals surface area contributed by atoms with Gasteiger partial charge in [-0.15, -0.1) is 0 Å². The van der Waals surface area contributed by atoms with Gasteiger partial charge >= 0.3 is 61.9 Å². The Labute approximate surface area is 840 Å². The molecule has 0 radical (unpaired) electrons. The lowest BCUT2D eigenvalue weighted by Crippen LogP contribution is -2.62. The van der Waals surface area contributed by atoms with E-state index in [1.54, 1.807) is 0 Å². The number of benzene rings is 4. The number of aliphatic hydroxyl groups is 2. The van der Waals surface area contributed by atoms with Gasteiger partial charge in [-0.2, -0.15) is 75.3 Å².